The molecule has 0 saturated carbocycles. The molecule has 0 radical (unpaired) electrons. The number of amides is 3. The molecule has 760 valence electrons. The van der Waals surface area contributed by atoms with E-state index >= 15 is 0 Å². The van der Waals surface area contributed by atoms with E-state index in [2.05, 4.69) is 332 Å². The van der Waals surface area contributed by atoms with E-state index in [4.69, 9.17) is 20.6 Å². The summed E-state index contributed by atoms with van der Waals surface area (Å²) in [7, 11) is -3.45. The van der Waals surface area contributed by atoms with Crippen molar-refractivity contribution in [3.05, 3.63) is 355 Å². The number of nitrogens with two attached hydrogens (primary N) is 2. The second-order valence-electron chi connectivity index (χ2n) is 37.5. The van der Waals surface area contributed by atoms with Crippen molar-refractivity contribution in [3.63, 3.8) is 0 Å². The first-order valence-corrected chi connectivity index (χ1v) is 53.0. The first-order valence-electron chi connectivity index (χ1n) is 51.5. The van der Waals surface area contributed by atoms with Crippen LogP contribution < -0.4 is 31.5 Å². The van der Waals surface area contributed by atoms with Crippen LogP contribution in [0.1, 0.15) is 351 Å². The predicted octanol–water partition coefficient (Wildman–Crippen LogP) is 29.1. The quantitative estimate of drug-likeness (QED) is 0.0132. The minimum absolute atomic E-state index is 0.0680. The molecule has 0 unspecified atom stereocenters. The first kappa shape index (κ1) is 124. The highest BCUT2D eigenvalue weighted by Crippen LogP contribution is 2.32. The highest BCUT2D eigenvalue weighted by Gasteiger charge is 2.19. The summed E-state index contributed by atoms with van der Waals surface area (Å²) in [6, 6.07) is 62.9. The summed E-state index contributed by atoms with van der Waals surface area (Å²) in [5.41, 5.74) is 48.3. The average molecular weight is 1910 g/mol. The van der Waals surface area contributed by atoms with Crippen LogP contribution in [0.5, 0.6) is 0 Å². The molecule has 15 rings (SSSR count). The Labute approximate surface area is 843 Å². The number of aromatic nitrogens is 1. The normalized spacial score (nSPS) is 13.7. The average Bonchev–Trinajstić information content (AvgIpc) is 1.55. The molecule has 0 bridgehead atoms. The van der Waals surface area contributed by atoms with Gasteiger partial charge in [-0.2, -0.15) is 13.7 Å². The molecule has 0 atom stereocenters. The lowest BCUT2D eigenvalue weighted by Gasteiger charge is -2.18. The van der Waals surface area contributed by atoms with Gasteiger partial charge in [-0.25, -0.2) is 9.86 Å². The molecule has 0 fully saturated rings. The van der Waals surface area contributed by atoms with Gasteiger partial charge in [0, 0.05) is 33.1 Å². The second kappa shape index (κ2) is 71.6. The van der Waals surface area contributed by atoms with Crippen molar-refractivity contribution in [2.45, 2.75) is 353 Å². The number of rotatable bonds is 19. The summed E-state index contributed by atoms with van der Waals surface area (Å²) in [6.07, 6.45) is 32.0. The number of fused-ring (bicyclic) bond motifs is 7. The lowest BCUT2D eigenvalue weighted by Crippen LogP contribution is -2.31. The van der Waals surface area contributed by atoms with Gasteiger partial charge in [-0.1, -0.05) is 367 Å². The zero-order chi connectivity index (χ0) is 104. The SMILES string of the molecule is CC.CC1=C(C)Cc2ccccc2C1.CC1=C(C)Cc2ccccc2C1.CC1=C(C)Cc2ccccc2C1.CC1=C(C)Cc2ccccc2C1.CC1=C(C)Cc2ccccc2C1.CC1=C(C)Cc2ccccc2C1.CC1=C(C)Cc2ccccc2C1.CCCCC.CCCCN.CCCCNC(=O)/C(C#N)=C(/C)O.CCCCNC(=O)c1cnoc1C.CCCCNC(C)=O.CCCCNS(N)(=O)=O. The van der Waals surface area contributed by atoms with E-state index in [1.807, 2.05) is 27.7 Å². The molecule has 1 aromatic heterocycles. The third-order valence-electron chi connectivity index (χ3n) is 25.6. The number of unbranched alkanes of at least 4 members (excludes halogenated alkanes) is 7. The molecule has 15 nitrogen and oxygen atoms in total. The minimum atomic E-state index is -3.45. The van der Waals surface area contributed by atoms with Crippen molar-refractivity contribution in [2.75, 3.05) is 32.7 Å². The molecule has 1 heterocycles. The smallest absolute Gasteiger partial charge is 0.274 e. The highest BCUT2D eigenvalue weighted by atomic mass is 32.2. The number of nitrogens with one attached hydrogen (secondary N) is 4. The van der Waals surface area contributed by atoms with E-state index in [0.29, 0.717) is 31.0 Å². The molecule has 7 aromatic carbocycles. The Morgan fingerprint density at radius 1 is 0.345 bits per heavy atom. The molecule has 3 amide bonds. The summed E-state index contributed by atoms with van der Waals surface area (Å²) < 4.78 is 27.3. The topological polar surface area (TPSA) is 256 Å². The molecule has 139 heavy (non-hydrogen) atoms. The molecule has 0 aliphatic heterocycles. The van der Waals surface area contributed by atoms with E-state index < -0.39 is 16.1 Å². The molecule has 7 aliphatic rings. The Hall–Kier alpha value is -10.8. The van der Waals surface area contributed by atoms with Gasteiger partial charge in [0.1, 0.15) is 23.2 Å². The number of carbonyl (C=O) groups is 3. The number of aliphatic hydroxyl groups excluding tert-OH is 1. The Morgan fingerprint density at radius 2 is 0.547 bits per heavy atom. The van der Waals surface area contributed by atoms with Gasteiger partial charge in [0.2, 0.25) is 5.91 Å². The summed E-state index contributed by atoms with van der Waals surface area (Å²) in [6.45, 7) is 58.0. The zero-order valence-electron chi connectivity index (χ0n) is 90.7. The van der Waals surface area contributed by atoms with Gasteiger partial charge < -0.3 is 31.3 Å². The summed E-state index contributed by atoms with van der Waals surface area (Å²) in [5.74, 6) is -0.216. The summed E-state index contributed by atoms with van der Waals surface area (Å²) >= 11 is 0. The van der Waals surface area contributed by atoms with E-state index in [1.54, 1.807) is 91.0 Å². The van der Waals surface area contributed by atoms with Gasteiger partial charge in [0.15, 0.2) is 5.57 Å². The van der Waals surface area contributed by atoms with Crippen LogP contribution in [0.4, 0.5) is 0 Å². The molecule has 0 saturated heterocycles. The van der Waals surface area contributed by atoms with Crippen LogP contribution in [0.2, 0.25) is 0 Å². The third kappa shape index (κ3) is 50.2. The monoisotopic (exact) mass is 1910 g/mol. The van der Waals surface area contributed by atoms with Crippen molar-refractivity contribution in [1.29, 1.82) is 5.26 Å². The van der Waals surface area contributed by atoms with Crippen LogP contribution in [0.15, 0.2) is 270 Å². The summed E-state index contributed by atoms with van der Waals surface area (Å²) in [5, 5.41) is 33.6. The lowest BCUT2D eigenvalue weighted by molar-refractivity contribution is -0.119. The van der Waals surface area contributed by atoms with Gasteiger partial charge in [-0.3, -0.25) is 14.4 Å². The molecular formula is C123H180N8O7S. The Bertz CT molecular complexity index is 4530. The Morgan fingerprint density at radius 3 is 0.698 bits per heavy atom. The fourth-order valence-corrected chi connectivity index (χ4v) is 16.0. The number of nitriles is 1. The minimum Gasteiger partial charge on any atom is -0.511 e. The van der Waals surface area contributed by atoms with Crippen LogP contribution in [0.25, 0.3) is 0 Å². The van der Waals surface area contributed by atoms with Crippen molar-refractivity contribution >= 4 is 27.9 Å². The van der Waals surface area contributed by atoms with E-state index in [0.717, 1.165) is 154 Å². The van der Waals surface area contributed by atoms with Crippen LogP contribution in [-0.2, 0) is 110 Å². The molecule has 8 aromatic rings. The van der Waals surface area contributed by atoms with Crippen molar-refractivity contribution in [3.8, 4) is 6.07 Å². The number of benzene rings is 7. The molecule has 16 heteroatoms. The number of allylic oxidation sites excluding steroid dienone is 15. The second-order valence-corrected chi connectivity index (χ2v) is 38.9. The summed E-state index contributed by atoms with van der Waals surface area (Å²) in [4.78, 5) is 32.7. The number of hydrogen-bond acceptors (Lipinski definition) is 10. The van der Waals surface area contributed by atoms with E-state index in [9.17, 15) is 22.8 Å². The van der Waals surface area contributed by atoms with Gasteiger partial charge in [0.25, 0.3) is 22.0 Å². The zero-order valence-corrected chi connectivity index (χ0v) is 91.5. The maximum absolute atomic E-state index is 11.4. The number of hydrogen-bond donors (Lipinski definition) is 7. The van der Waals surface area contributed by atoms with E-state index in [-0.39, 0.29) is 23.1 Å². The van der Waals surface area contributed by atoms with Gasteiger partial charge in [-0.15, -0.1) is 0 Å². The van der Waals surface area contributed by atoms with Crippen LogP contribution in [-0.4, -0.2) is 69.1 Å². The number of carbonyl (C=O) groups excluding carboxylic acids is 3. The highest BCUT2D eigenvalue weighted by molar-refractivity contribution is 7.87. The Balaban J connectivity index is 0.000000512. The molecular weight excluding hydrogens is 1730 g/mol. The van der Waals surface area contributed by atoms with Crippen molar-refractivity contribution in [1.82, 2.24) is 25.8 Å². The number of aliphatic hydroxyl groups is 1. The Kier molecular flexibility index (Phi) is 64.0. The fourth-order valence-electron chi connectivity index (χ4n) is 15.6. The standard InChI is InChI=1S/7C12H14.2C9H14N2O2.C6H13NO.C5H12.C4H12N2O2S.C4H11N.C2H6/c7*1-9-7-11-5-3-4-6-12(11)8-10(9)2;1-3-4-5-10-9(12)8-6-11-13-7(8)2;1-3-4-5-11-9(13)8(6-10)7(2)12;1-3-4-5-7-6(2)8;1-3-5-4-2;1-2-3-4-6-9(5,7)8;1-2-3-4-5;1-2/h7*3-6H,7-8H2,1-2H3;6H,3-5H2,1-2H3,(H,10,12);12H,3-5H2,1-2H3,(H,11,13);3-5H2,1-2H3,(H,7,8);3-5H2,1-2H3;6H,2-4H2,1H3,(H2,5,7,8);2-5H2,1H3;1-2H3/b;;;;;;;;8-7-;;;;;. The lowest BCUT2D eigenvalue weighted by atomic mass is 9.88. The van der Waals surface area contributed by atoms with Gasteiger partial charge >= 0.3 is 0 Å². The van der Waals surface area contributed by atoms with E-state index in [1.165, 1.54) is 130 Å². The first-order chi connectivity index (χ1) is 66.4. The van der Waals surface area contributed by atoms with Crippen LogP contribution >= 0.6 is 0 Å². The van der Waals surface area contributed by atoms with Crippen molar-refractivity contribution < 1.29 is 32.4 Å². The maximum Gasteiger partial charge on any atom is 0.274 e. The molecule has 0 spiro atoms. The van der Waals surface area contributed by atoms with Crippen LogP contribution in [0, 0.1) is 18.3 Å². The molecule has 7 aliphatic carbocycles. The third-order valence-corrected chi connectivity index (χ3v) is 26.2. The number of aryl methyl sites for hydroxylation is 1. The predicted molar refractivity (Wildman–Crippen MR) is 593 cm³/mol. The van der Waals surface area contributed by atoms with Crippen LogP contribution in [0.3, 0.4) is 0 Å². The fraction of sp³-hybridized carbons (Fsp3) is 0.472. The molecule has 9 N–H and O–H groups in total. The number of nitrogens with zero attached hydrogens (tertiary/aromatic N) is 2. The largest absolute Gasteiger partial charge is 0.511 e. The van der Waals surface area contributed by atoms with Crippen molar-refractivity contribution in [2.24, 2.45) is 10.9 Å². The maximum atomic E-state index is 11.4. The van der Waals surface area contributed by atoms with Gasteiger partial charge in [-0.05, 0) is 317 Å². The van der Waals surface area contributed by atoms with Gasteiger partial charge in [0.05, 0.1) is 6.20 Å².